The Bertz CT molecular complexity index is 272. The molecule has 3 heteroatoms. The number of carbonyl (C=O) groups is 1. The zero-order chi connectivity index (χ0) is 9.68. The number of nitrogens with zero attached hydrogens (tertiary/aromatic N) is 1. The summed E-state index contributed by atoms with van der Waals surface area (Å²) in [6, 6.07) is 9.71. The van der Waals surface area contributed by atoms with Crippen LogP contribution in [0, 0.1) is 0 Å². The van der Waals surface area contributed by atoms with Crippen LogP contribution in [0.25, 0.3) is 0 Å². The van der Waals surface area contributed by atoms with Crippen LogP contribution in [0.2, 0.25) is 0 Å². The Kier molecular flexibility index (Phi) is 3.46. The number of carbonyl (C=O) groups excluding carboxylic acids is 1. The normalized spacial score (nSPS) is 9.69. The summed E-state index contributed by atoms with van der Waals surface area (Å²) >= 11 is 0. The van der Waals surface area contributed by atoms with Crippen molar-refractivity contribution in [2.75, 3.05) is 7.11 Å². The van der Waals surface area contributed by atoms with Gasteiger partial charge in [0, 0.05) is 6.92 Å². The van der Waals surface area contributed by atoms with E-state index in [1.165, 1.54) is 19.1 Å². The standard InChI is InChI=1S/C10H13NO2/c1-9(12)11(13-2)8-10-6-4-3-5-7-10/h3-7H,8H2,1-2H3. The predicted molar refractivity (Wildman–Crippen MR) is 49.7 cm³/mol. The molecule has 13 heavy (non-hydrogen) atoms. The monoisotopic (exact) mass is 179 g/mol. The molecule has 0 aliphatic heterocycles. The molecule has 1 aromatic rings. The van der Waals surface area contributed by atoms with Crippen molar-refractivity contribution in [3.63, 3.8) is 0 Å². The smallest absolute Gasteiger partial charge is 0.243 e. The first-order chi connectivity index (χ1) is 6.24. The highest BCUT2D eigenvalue weighted by Gasteiger charge is 2.06. The number of amides is 1. The summed E-state index contributed by atoms with van der Waals surface area (Å²) in [5, 5.41) is 1.31. The third-order valence-electron chi connectivity index (χ3n) is 1.74. The van der Waals surface area contributed by atoms with E-state index in [4.69, 9.17) is 4.84 Å². The van der Waals surface area contributed by atoms with Gasteiger partial charge in [0.25, 0.3) is 0 Å². The second-order valence-corrected chi connectivity index (χ2v) is 2.72. The van der Waals surface area contributed by atoms with Crippen LogP contribution in [0.1, 0.15) is 12.5 Å². The molecule has 0 aromatic heterocycles. The van der Waals surface area contributed by atoms with E-state index in [0.29, 0.717) is 6.54 Å². The van der Waals surface area contributed by atoms with Crippen molar-refractivity contribution in [1.29, 1.82) is 0 Å². The number of hydrogen-bond donors (Lipinski definition) is 0. The average molecular weight is 179 g/mol. The molecule has 0 atom stereocenters. The van der Waals surface area contributed by atoms with Gasteiger partial charge in [-0.2, -0.15) is 0 Å². The molecular formula is C10H13NO2. The third-order valence-corrected chi connectivity index (χ3v) is 1.74. The molecule has 0 bridgehead atoms. The highest BCUT2D eigenvalue weighted by Crippen LogP contribution is 2.03. The molecule has 0 heterocycles. The molecule has 0 saturated heterocycles. The van der Waals surface area contributed by atoms with Crippen molar-refractivity contribution in [3.8, 4) is 0 Å². The lowest BCUT2D eigenvalue weighted by molar-refractivity contribution is -0.176. The summed E-state index contributed by atoms with van der Waals surface area (Å²) in [6.07, 6.45) is 0. The van der Waals surface area contributed by atoms with Crippen LogP contribution < -0.4 is 0 Å². The fraction of sp³-hybridized carbons (Fsp3) is 0.300. The van der Waals surface area contributed by atoms with Crippen molar-refractivity contribution in [2.45, 2.75) is 13.5 Å². The minimum atomic E-state index is -0.0913. The van der Waals surface area contributed by atoms with Gasteiger partial charge < -0.3 is 0 Å². The topological polar surface area (TPSA) is 29.5 Å². The van der Waals surface area contributed by atoms with Crippen molar-refractivity contribution >= 4 is 5.91 Å². The van der Waals surface area contributed by atoms with Crippen LogP contribution in [0.5, 0.6) is 0 Å². The van der Waals surface area contributed by atoms with E-state index < -0.39 is 0 Å². The first kappa shape index (κ1) is 9.74. The molecule has 0 fully saturated rings. The van der Waals surface area contributed by atoms with Gasteiger partial charge >= 0.3 is 0 Å². The van der Waals surface area contributed by atoms with Crippen LogP contribution >= 0.6 is 0 Å². The molecular weight excluding hydrogens is 166 g/mol. The minimum absolute atomic E-state index is 0.0913. The molecule has 0 radical (unpaired) electrons. The SMILES string of the molecule is CON(Cc1ccccc1)C(C)=O. The van der Waals surface area contributed by atoms with Gasteiger partial charge in [0.1, 0.15) is 0 Å². The maximum Gasteiger partial charge on any atom is 0.243 e. The molecule has 0 aliphatic rings. The fourth-order valence-corrected chi connectivity index (χ4v) is 1.05. The Balaban J connectivity index is 2.62. The van der Waals surface area contributed by atoms with Crippen LogP contribution in [0.4, 0.5) is 0 Å². The van der Waals surface area contributed by atoms with E-state index >= 15 is 0 Å². The van der Waals surface area contributed by atoms with E-state index in [-0.39, 0.29) is 5.91 Å². The lowest BCUT2D eigenvalue weighted by Gasteiger charge is -2.17. The number of rotatable bonds is 3. The van der Waals surface area contributed by atoms with Crippen molar-refractivity contribution < 1.29 is 9.63 Å². The molecule has 0 aliphatic carbocycles. The second-order valence-electron chi connectivity index (χ2n) is 2.72. The molecule has 0 N–H and O–H groups in total. The number of hydrogen-bond acceptors (Lipinski definition) is 2. The van der Waals surface area contributed by atoms with Gasteiger partial charge in [-0.1, -0.05) is 30.3 Å². The van der Waals surface area contributed by atoms with Gasteiger partial charge in [-0.05, 0) is 5.56 Å². The van der Waals surface area contributed by atoms with Crippen molar-refractivity contribution in [2.24, 2.45) is 0 Å². The summed E-state index contributed by atoms with van der Waals surface area (Å²) in [4.78, 5) is 15.9. The molecule has 1 aromatic carbocycles. The second kappa shape index (κ2) is 4.62. The zero-order valence-electron chi connectivity index (χ0n) is 7.86. The predicted octanol–water partition coefficient (Wildman–Crippen LogP) is 1.60. The minimum Gasteiger partial charge on any atom is -0.274 e. The Morgan fingerprint density at radius 2 is 2.00 bits per heavy atom. The fourth-order valence-electron chi connectivity index (χ4n) is 1.05. The van der Waals surface area contributed by atoms with Gasteiger partial charge in [-0.15, -0.1) is 0 Å². The summed E-state index contributed by atoms with van der Waals surface area (Å²) in [6.45, 7) is 1.97. The maximum atomic E-state index is 11.0. The molecule has 1 rings (SSSR count). The highest BCUT2D eigenvalue weighted by atomic mass is 16.7. The van der Waals surface area contributed by atoms with Crippen LogP contribution in [0.15, 0.2) is 30.3 Å². The van der Waals surface area contributed by atoms with E-state index in [1.807, 2.05) is 30.3 Å². The first-order valence-corrected chi connectivity index (χ1v) is 4.10. The van der Waals surface area contributed by atoms with Crippen LogP contribution in [0.3, 0.4) is 0 Å². The van der Waals surface area contributed by atoms with Gasteiger partial charge in [-0.25, -0.2) is 5.06 Å². The van der Waals surface area contributed by atoms with Gasteiger partial charge in [0.05, 0.1) is 13.7 Å². The van der Waals surface area contributed by atoms with Crippen molar-refractivity contribution in [3.05, 3.63) is 35.9 Å². The molecule has 1 amide bonds. The van der Waals surface area contributed by atoms with E-state index in [9.17, 15) is 4.79 Å². The molecule has 0 unspecified atom stereocenters. The largest absolute Gasteiger partial charge is 0.274 e. The zero-order valence-corrected chi connectivity index (χ0v) is 7.86. The van der Waals surface area contributed by atoms with Crippen molar-refractivity contribution in [1.82, 2.24) is 5.06 Å². The lowest BCUT2D eigenvalue weighted by atomic mass is 10.2. The molecule has 0 saturated carbocycles. The summed E-state index contributed by atoms with van der Waals surface area (Å²) in [5.74, 6) is -0.0913. The highest BCUT2D eigenvalue weighted by molar-refractivity contribution is 5.71. The third kappa shape index (κ3) is 2.87. The lowest BCUT2D eigenvalue weighted by Crippen LogP contribution is -2.26. The summed E-state index contributed by atoms with van der Waals surface area (Å²) in [5.41, 5.74) is 1.06. The number of benzene rings is 1. The van der Waals surface area contributed by atoms with Crippen LogP contribution in [-0.2, 0) is 16.2 Å². The molecule has 0 spiro atoms. The van der Waals surface area contributed by atoms with E-state index in [0.717, 1.165) is 5.56 Å². The Labute approximate surface area is 77.9 Å². The number of hydroxylamine groups is 2. The van der Waals surface area contributed by atoms with E-state index in [1.54, 1.807) is 0 Å². The Morgan fingerprint density at radius 3 is 2.46 bits per heavy atom. The van der Waals surface area contributed by atoms with Gasteiger partial charge in [0.15, 0.2) is 0 Å². The quantitative estimate of drug-likeness (QED) is 0.659. The Hall–Kier alpha value is -1.35. The summed E-state index contributed by atoms with van der Waals surface area (Å²) in [7, 11) is 1.49. The van der Waals surface area contributed by atoms with E-state index in [2.05, 4.69) is 0 Å². The van der Waals surface area contributed by atoms with Crippen LogP contribution in [-0.4, -0.2) is 18.1 Å². The van der Waals surface area contributed by atoms with Gasteiger partial charge in [0.2, 0.25) is 5.91 Å². The van der Waals surface area contributed by atoms with Gasteiger partial charge in [-0.3, -0.25) is 9.63 Å². The summed E-state index contributed by atoms with van der Waals surface area (Å²) < 4.78 is 0. The first-order valence-electron chi connectivity index (χ1n) is 4.10. The molecule has 70 valence electrons. The maximum absolute atomic E-state index is 11.0. The Morgan fingerprint density at radius 1 is 1.38 bits per heavy atom. The molecule has 3 nitrogen and oxygen atoms in total. The average Bonchev–Trinajstić information content (AvgIpc) is 2.15.